The van der Waals surface area contributed by atoms with Crippen LogP contribution in [0.15, 0.2) is 35.9 Å². The van der Waals surface area contributed by atoms with E-state index in [9.17, 15) is 10.1 Å². The number of fused-ring (bicyclic) bond motifs is 1. The topological polar surface area (TPSA) is 71.4 Å². The number of nitrogens with zero attached hydrogens (tertiary/aromatic N) is 1. The normalized spacial score (nSPS) is 12.8. The van der Waals surface area contributed by atoms with E-state index in [4.69, 9.17) is 9.47 Å². The fourth-order valence-electron chi connectivity index (χ4n) is 2.28. The minimum atomic E-state index is -0.387. The van der Waals surface area contributed by atoms with Gasteiger partial charge in [0, 0.05) is 16.3 Å². The average molecular weight is 340 g/mol. The highest BCUT2D eigenvalue weighted by atomic mass is 32.1. The minimum absolute atomic E-state index is 0.0975. The van der Waals surface area contributed by atoms with E-state index in [1.165, 1.54) is 4.88 Å². The summed E-state index contributed by atoms with van der Waals surface area (Å²) in [6, 6.07) is 11.4. The van der Waals surface area contributed by atoms with Crippen molar-refractivity contribution in [3.05, 3.63) is 51.2 Å². The SMILES string of the molecule is CCc1ccc(/C=C(\C#N)C(=O)NCc2ccc3c(c2)OCO3)s1. The number of thiophene rings is 1. The lowest BCUT2D eigenvalue weighted by atomic mass is 10.2. The van der Waals surface area contributed by atoms with Gasteiger partial charge in [0.25, 0.3) is 5.91 Å². The van der Waals surface area contributed by atoms with E-state index in [1.54, 1.807) is 17.4 Å². The van der Waals surface area contributed by atoms with Crippen molar-refractivity contribution in [2.24, 2.45) is 0 Å². The summed E-state index contributed by atoms with van der Waals surface area (Å²) in [7, 11) is 0. The van der Waals surface area contributed by atoms with Gasteiger partial charge in [0.2, 0.25) is 6.79 Å². The van der Waals surface area contributed by atoms with Crippen LogP contribution in [0.3, 0.4) is 0 Å². The zero-order valence-corrected chi connectivity index (χ0v) is 14.0. The largest absolute Gasteiger partial charge is 0.454 e. The Kier molecular flexibility index (Phi) is 4.82. The van der Waals surface area contributed by atoms with Gasteiger partial charge in [0.1, 0.15) is 11.6 Å². The third-order valence-corrected chi connectivity index (χ3v) is 4.75. The van der Waals surface area contributed by atoms with Gasteiger partial charge in [-0.1, -0.05) is 13.0 Å². The van der Waals surface area contributed by atoms with Gasteiger partial charge in [-0.15, -0.1) is 11.3 Å². The first-order valence-corrected chi connectivity index (χ1v) is 8.38. The molecule has 6 heteroatoms. The van der Waals surface area contributed by atoms with Gasteiger partial charge in [0.05, 0.1) is 0 Å². The summed E-state index contributed by atoms with van der Waals surface area (Å²) in [4.78, 5) is 14.3. The van der Waals surface area contributed by atoms with Gasteiger partial charge in [0.15, 0.2) is 11.5 Å². The first kappa shape index (κ1) is 16.1. The predicted octanol–water partition coefficient (Wildman–Crippen LogP) is 3.26. The molecular formula is C18H16N2O3S. The zero-order valence-electron chi connectivity index (χ0n) is 13.2. The number of hydrogen-bond acceptors (Lipinski definition) is 5. The molecule has 1 aromatic carbocycles. The van der Waals surface area contributed by atoms with Gasteiger partial charge in [-0.2, -0.15) is 5.26 Å². The Morgan fingerprint density at radius 1 is 1.33 bits per heavy atom. The molecule has 0 spiro atoms. The molecule has 0 saturated carbocycles. The Hall–Kier alpha value is -2.78. The standard InChI is InChI=1S/C18H16N2O3S/c1-2-14-4-5-15(24-14)8-13(9-19)18(21)20-10-12-3-6-16-17(7-12)23-11-22-16/h3-8H,2,10-11H2,1H3,(H,20,21)/b13-8+. The Morgan fingerprint density at radius 3 is 2.92 bits per heavy atom. The highest BCUT2D eigenvalue weighted by Crippen LogP contribution is 2.32. The third-order valence-electron chi connectivity index (χ3n) is 3.57. The number of carbonyl (C=O) groups is 1. The summed E-state index contributed by atoms with van der Waals surface area (Å²) in [6.07, 6.45) is 2.56. The number of nitriles is 1. The van der Waals surface area contributed by atoms with Crippen molar-refractivity contribution in [1.29, 1.82) is 5.26 Å². The molecule has 2 heterocycles. The van der Waals surface area contributed by atoms with Crippen LogP contribution in [0.25, 0.3) is 6.08 Å². The minimum Gasteiger partial charge on any atom is -0.454 e. The van der Waals surface area contributed by atoms with Crippen LogP contribution in [0.2, 0.25) is 0 Å². The maximum atomic E-state index is 12.2. The van der Waals surface area contributed by atoms with Crippen LogP contribution in [-0.2, 0) is 17.8 Å². The van der Waals surface area contributed by atoms with Crippen LogP contribution in [0.5, 0.6) is 11.5 Å². The van der Waals surface area contributed by atoms with Crippen LogP contribution >= 0.6 is 11.3 Å². The first-order valence-electron chi connectivity index (χ1n) is 7.57. The van der Waals surface area contributed by atoms with Crippen LogP contribution in [0, 0.1) is 11.3 Å². The van der Waals surface area contributed by atoms with Crippen LogP contribution < -0.4 is 14.8 Å². The molecule has 2 aromatic rings. The molecule has 1 aromatic heterocycles. The van der Waals surface area contributed by atoms with Crippen molar-refractivity contribution in [3.8, 4) is 17.6 Å². The molecule has 0 bridgehead atoms. The predicted molar refractivity (Wildman–Crippen MR) is 91.7 cm³/mol. The second-order valence-electron chi connectivity index (χ2n) is 5.20. The molecule has 0 radical (unpaired) electrons. The van der Waals surface area contributed by atoms with Gasteiger partial charge < -0.3 is 14.8 Å². The van der Waals surface area contributed by atoms with Crippen LogP contribution in [0.4, 0.5) is 0 Å². The van der Waals surface area contributed by atoms with Crippen molar-refractivity contribution in [2.45, 2.75) is 19.9 Å². The van der Waals surface area contributed by atoms with E-state index in [2.05, 4.69) is 12.2 Å². The van der Waals surface area contributed by atoms with E-state index in [0.717, 1.165) is 16.9 Å². The van der Waals surface area contributed by atoms with Crippen LogP contribution in [-0.4, -0.2) is 12.7 Å². The zero-order chi connectivity index (χ0) is 16.9. The van der Waals surface area contributed by atoms with Gasteiger partial charge in [-0.05, 0) is 42.3 Å². The monoisotopic (exact) mass is 340 g/mol. The molecular weight excluding hydrogens is 324 g/mol. The average Bonchev–Trinajstić information content (AvgIpc) is 3.25. The van der Waals surface area contributed by atoms with Crippen molar-refractivity contribution < 1.29 is 14.3 Å². The van der Waals surface area contributed by atoms with Crippen molar-refractivity contribution in [3.63, 3.8) is 0 Å². The number of ether oxygens (including phenoxy) is 2. The van der Waals surface area contributed by atoms with E-state index in [0.29, 0.717) is 18.0 Å². The molecule has 5 nitrogen and oxygen atoms in total. The molecule has 1 N–H and O–H groups in total. The molecule has 3 rings (SSSR count). The lowest BCUT2D eigenvalue weighted by molar-refractivity contribution is -0.117. The molecule has 24 heavy (non-hydrogen) atoms. The number of aryl methyl sites for hydroxylation is 1. The number of nitrogens with one attached hydrogen (secondary N) is 1. The molecule has 1 amide bonds. The lowest BCUT2D eigenvalue weighted by Crippen LogP contribution is -2.23. The molecule has 1 aliphatic heterocycles. The Balaban J connectivity index is 1.65. The fraction of sp³-hybridized carbons (Fsp3) is 0.222. The molecule has 0 atom stereocenters. The van der Waals surface area contributed by atoms with E-state index in [1.807, 2.05) is 36.4 Å². The van der Waals surface area contributed by atoms with Gasteiger partial charge >= 0.3 is 0 Å². The Labute approximate surface area is 144 Å². The molecule has 0 aliphatic carbocycles. The number of carbonyl (C=O) groups excluding carboxylic acids is 1. The second-order valence-corrected chi connectivity index (χ2v) is 6.40. The number of benzene rings is 1. The Morgan fingerprint density at radius 2 is 2.17 bits per heavy atom. The van der Waals surface area contributed by atoms with Gasteiger partial charge in [-0.3, -0.25) is 4.79 Å². The van der Waals surface area contributed by atoms with Crippen molar-refractivity contribution >= 4 is 23.3 Å². The quantitative estimate of drug-likeness (QED) is 0.670. The second kappa shape index (κ2) is 7.20. The summed E-state index contributed by atoms with van der Waals surface area (Å²) in [5.74, 6) is 0.984. The van der Waals surface area contributed by atoms with E-state index >= 15 is 0 Å². The van der Waals surface area contributed by atoms with E-state index in [-0.39, 0.29) is 18.3 Å². The number of amides is 1. The van der Waals surface area contributed by atoms with Gasteiger partial charge in [-0.25, -0.2) is 0 Å². The first-order chi connectivity index (χ1) is 11.7. The van der Waals surface area contributed by atoms with E-state index < -0.39 is 0 Å². The highest BCUT2D eigenvalue weighted by molar-refractivity contribution is 7.12. The van der Waals surface area contributed by atoms with Crippen molar-refractivity contribution in [2.75, 3.05) is 6.79 Å². The maximum absolute atomic E-state index is 12.2. The fourth-order valence-corrected chi connectivity index (χ4v) is 3.18. The summed E-state index contributed by atoms with van der Waals surface area (Å²) in [5, 5.41) is 12.0. The van der Waals surface area contributed by atoms with Crippen LogP contribution in [0.1, 0.15) is 22.2 Å². The summed E-state index contributed by atoms with van der Waals surface area (Å²) in [5.41, 5.74) is 0.981. The maximum Gasteiger partial charge on any atom is 0.262 e. The molecule has 122 valence electrons. The molecule has 1 aliphatic rings. The van der Waals surface area contributed by atoms with Crippen molar-refractivity contribution in [1.82, 2.24) is 5.32 Å². The number of rotatable bonds is 5. The summed E-state index contributed by atoms with van der Waals surface area (Å²) < 4.78 is 10.6. The molecule has 0 unspecified atom stereocenters. The smallest absolute Gasteiger partial charge is 0.262 e. The lowest BCUT2D eigenvalue weighted by Gasteiger charge is -2.05. The number of hydrogen-bond donors (Lipinski definition) is 1. The third kappa shape index (κ3) is 3.58. The molecule has 0 fully saturated rings. The summed E-state index contributed by atoms with van der Waals surface area (Å²) in [6.45, 7) is 2.61. The Bertz CT molecular complexity index is 833. The highest BCUT2D eigenvalue weighted by Gasteiger charge is 2.14. The molecule has 0 saturated heterocycles. The summed E-state index contributed by atoms with van der Waals surface area (Å²) >= 11 is 1.58.